The second kappa shape index (κ2) is 8.97. The van der Waals surface area contributed by atoms with Gasteiger partial charge in [-0.25, -0.2) is 4.98 Å². The molecule has 0 saturated heterocycles. The summed E-state index contributed by atoms with van der Waals surface area (Å²) in [5, 5.41) is 0.757. The highest BCUT2D eigenvalue weighted by Gasteiger charge is 2.19. The van der Waals surface area contributed by atoms with Crippen LogP contribution >= 0.6 is 11.3 Å². The predicted octanol–water partition coefficient (Wildman–Crippen LogP) is 3.97. The van der Waals surface area contributed by atoms with Gasteiger partial charge in [-0.05, 0) is 45.2 Å². The van der Waals surface area contributed by atoms with E-state index in [0.717, 1.165) is 21.1 Å². The van der Waals surface area contributed by atoms with Crippen LogP contribution in [-0.2, 0) is 4.79 Å². The maximum Gasteiger partial charge on any atom is 0.242 e. The van der Waals surface area contributed by atoms with Gasteiger partial charge in [0.1, 0.15) is 12.4 Å². The van der Waals surface area contributed by atoms with Crippen molar-refractivity contribution in [1.29, 1.82) is 0 Å². The number of benzene rings is 2. The first-order valence-corrected chi connectivity index (χ1v) is 9.92. The van der Waals surface area contributed by atoms with Crippen molar-refractivity contribution in [3.63, 3.8) is 0 Å². The second-order valence-electron chi connectivity index (χ2n) is 6.50. The zero-order chi connectivity index (χ0) is 19.2. The zero-order valence-corrected chi connectivity index (χ0v) is 16.8. The number of aryl methyl sites for hydroxylation is 1. The van der Waals surface area contributed by atoms with Gasteiger partial charge in [0.15, 0.2) is 5.13 Å². The van der Waals surface area contributed by atoms with Gasteiger partial charge in [-0.15, -0.1) is 0 Å². The van der Waals surface area contributed by atoms with E-state index in [9.17, 15) is 4.79 Å². The maximum absolute atomic E-state index is 12.7. The Balaban J connectivity index is 1.53. The number of thiazole rings is 1. The normalized spacial score (nSPS) is 11.1. The molecule has 1 amide bonds. The number of fused-ring (bicyclic) bond motifs is 1. The van der Waals surface area contributed by atoms with Crippen molar-refractivity contribution >= 4 is 32.6 Å². The number of aromatic nitrogens is 1. The molecule has 3 rings (SSSR count). The van der Waals surface area contributed by atoms with Crippen molar-refractivity contribution in [2.75, 3.05) is 38.2 Å². The number of amides is 1. The third kappa shape index (κ3) is 5.05. The molecule has 0 bridgehead atoms. The number of anilines is 1. The van der Waals surface area contributed by atoms with Gasteiger partial charge in [0.05, 0.1) is 16.8 Å². The molecular weight excluding hydrogens is 358 g/mol. The van der Waals surface area contributed by atoms with Gasteiger partial charge in [-0.2, -0.15) is 0 Å². The average Bonchev–Trinajstić information content (AvgIpc) is 3.07. The van der Waals surface area contributed by atoms with Gasteiger partial charge >= 0.3 is 0 Å². The first kappa shape index (κ1) is 19.3. The van der Waals surface area contributed by atoms with E-state index in [1.165, 1.54) is 5.56 Å². The van der Waals surface area contributed by atoms with Crippen LogP contribution in [0.4, 0.5) is 5.13 Å². The molecule has 0 saturated carbocycles. The second-order valence-corrected chi connectivity index (χ2v) is 7.51. The van der Waals surface area contributed by atoms with Crippen LogP contribution in [-0.4, -0.2) is 49.1 Å². The number of ether oxygens (including phenoxy) is 1. The Bertz CT molecular complexity index is 859. The molecule has 27 heavy (non-hydrogen) atoms. The van der Waals surface area contributed by atoms with Crippen LogP contribution in [0.15, 0.2) is 48.5 Å². The summed E-state index contributed by atoms with van der Waals surface area (Å²) in [6, 6.07) is 15.9. The van der Waals surface area contributed by atoms with E-state index >= 15 is 0 Å². The predicted molar refractivity (Wildman–Crippen MR) is 112 cm³/mol. The van der Waals surface area contributed by atoms with Crippen molar-refractivity contribution < 1.29 is 9.53 Å². The van der Waals surface area contributed by atoms with E-state index in [4.69, 9.17) is 4.74 Å². The lowest BCUT2D eigenvalue weighted by atomic mass is 10.2. The van der Waals surface area contributed by atoms with E-state index in [0.29, 0.717) is 26.2 Å². The number of para-hydroxylation sites is 1. The molecule has 2 aromatic carbocycles. The van der Waals surface area contributed by atoms with Gasteiger partial charge < -0.3 is 4.74 Å². The van der Waals surface area contributed by atoms with E-state index in [1.807, 2.05) is 74.3 Å². The highest BCUT2D eigenvalue weighted by atomic mass is 32.1. The molecule has 0 aliphatic rings. The van der Waals surface area contributed by atoms with Crippen LogP contribution in [0.3, 0.4) is 0 Å². The Morgan fingerprint density at radius 2 is 1.89 bits per heavy atom. The van der Waals surface area contributed by atoms with Gasteiger partial charge in [0.25, 0.3) is 0 Å². The highest BCUT2D eigenvalue weighted by molar-refractivity contribution is 7.22. The fraction of sp³-hybridized carbons (Fsp3) is 0.333. The van der Waals surface area contributed by atoms with Crippen LogP contribution in [0.2, 0.25) is 0 Å². The van der Waals surface area contributed by atoms with Crippen molar-refractivity contribution in [3.05, 3.63) is 54.1 Å². The third-order valence-corrected chi connectivity index (χ3v) is 5.36. The Kier molecular flexibility index (Phi) is 6.42. The van der Waals surface area contributed by atoms with Crippen molar-refractivity contribution in [3.8, 4) is 5.75 Å². The number of hydrogen-bond acceptors (Lipinski definition) is 5. The molecule has 0 N–H and O–H groups in total. The van der Waals surface area contributed by atoms with Gasteiger partial charge in [-0.3, -0.25) is 14.6 Å². The smallest absolute Gasteiger partial charge is 0.242 e. The number of hydrogen-bond donors (Lipinski definition) is 0. The Labute approximate surface area is 164 Å². The van der Waals surface area contributed by atoms with Gasteiger partial charge in [0.2, 0.25) is 5.91 Å². The molecule has 0 unspecified atom stereocenters. The summed E-state index contributed by atoms with van der Waals surface area (Å²) < 4.78 is 6.84. The minimum absolute atomic E-state index is 0.0504. The molecule has 0 radical (unpaired) electrons. The van der Waals surface area contributed by atoms with Crippen LogP contribution < -0.4 is 9.64 Å². The Morgan fingerprint density at radius 1 is 1.15 bits per heavy atom. The molecule has 0 atom stereocenters. The summed E-state index contributed by atoms with van der Waals surface area (Å²) in [7, 11) is 1.93. The number of carbonyl (C=O) groups is 1. The lowest BCUT2D eigenvalue weighted by Gasteiger charge is -2.22. The average molecular weight is 384 g/mol. The molecule has 142 valence electrons. The molecule has 5 nitrogen and oxygen atoms in total. The fourth-order valence-corrected chi connectivity index (χ4v) is 3.79. The summed E-state index contributed by atoms with van der Waals surface area (Å²) in [4.78, 5) is 21.1. The number of carbonyl (C=O) groups excluding carboxylic acids is 1. The standard InChI is InChI=1S/C21H25N3O2S/c1-4-24(21-22-18-7-5-6-8-19(18)27-21)20(25)15-23(3)13-14-26-17-11-9-16(2)10-12-17/h5-12H,4,13-15H2,1-3H3. The third-order valence-electron chi connectivity index (χ3n) is 4.30. The summed E-state index contributed by atoms with van der Waals surface area (Å²) >= 11 is 1.55. The molecule has 0 aliphatic heterocycles. The largest absolute Gasteiger partial charge is 0.492 e. The van der Waals surface area contributed by atoms with Gasteiger partial charge in [-0.1, -0.05) is 41.2 Å². The summed E-state index contributed by atoms with van der Waals surface area (Å²) in [6.45, 7) is 6.18. The van der Waals surface area contributed by atoms with Crippen LogP contribution in [0.1, 0.15) is 12.5 Å². The number of likely N-dealkylation sites (N-methyl/N-ethyl adjacent to an activating group) is 2. The summed E-state index contributed by atoms with van der Waals surface area (Å²) in [6.07, 6.45) is 0. The SMILES string of the molecule is CCN(C(=O)CN(C)CCOc1ccc(C)cc1)c1nc2ccccc2s1. The Hall–Kier alpha value is -2.44. The molecule has 1 heterocycles. The van der Waals surface area contributed by atoms with Crippen LogP contribution in [0.25, 0.3) is 10.2 Å². The zero-order valence-electron chi connectivity index (χ0n) is 16.0. The van der Waals surface area contributed by atoms with E-state index in [1.54, 1.807) is 16.2 Å². The van der Waals surface area contributed by atoms with Crippen molar-refractivity contribution in [1.82, 2.24) is 9.88 Å². The van der Waals surface area contributed by atoms with Crippen LogP contribution in [0, 0.1) is 6.92 Å². The molecule has 1 aromatic heterocycles. The molecule has 6 heteroatoms. The maximum atomic E-state index is 12.7. The number of rotatable bonds is 8. The quantitative estimate of drug-likeness (QED) is 0.590. The molecule has 0 aliphatic carbocycles. The van der Waals surface area contributed by atoms with Crippen LogP contribution in [0.5, 0.6) is 5.75 Å². The highest BCUT2D eigenvalue weighted by Crippen LogP contribution is 2.28. The minimum atomic E-state index is 0.0504. The fourth-order valence-electron chi connectivity index (χ4n) is 2.74. The Morgan fingerprint density at radius 3 is 2.59 bits per heavy atom. The molecule has 0 fully saturated rings. The lowest BCUT2D eigenvalue weighted by molar-refractivity contribution is -0.119. The topological polar surface area (TPSA) is 45.7 Å². The lowest BCUT2D eigenvalue weighted by Crippen LogP contribution is -2.40. The first-order valence-electron chi connectivity index (χ1n) is 9.10. The molecule has 3 aromatic rings. The van der Waals surface area contributed by atoms with Crippen molar-refractivity contribution in [2.45, 2.75) is 13.8 Å². The molecular formula is C21H25N3O2S. The summed E-state index contributed by atoms with van der Waals surface area (Å²) in [5.74, 6) is 0.902. The molecule has 0 spiro atoms. The first-order chi connectivity index (χ1) is 13.1. The van der Waals surface area contributed by atoms with Crippen molar-refractivity contribution in [2.24, 2.45) is 0 Å². The van der Waals surface area contributed by atoms with E-state index < -0.39 is 0 Å². The summed E-state index contributed by atoms with van der Waals surface area (Å²) in [5.41, 5.74) is 2.14. The van der Waals surface area contributed by atoms with Gasteiger partial charge in [0, 0.05) is 13.1 Å². The van der Waals surface area contributed by atoms with E-state index in [-0.39, 0.29) is 5.91 Å². The minimum Gasteiger partial charge on any atom is -0.492 e. The number of nitrogens with zero attached hydrogens (tertiary/aromatic N) is 3. The monoisotopic (exact) mass is 383 g/mol. The van der Waals surface area contributed by atoms with E-state index in [2.05, 4.69) is 4.98 Å².